The Hall–Kier alpha value is -3.45. The van der Waals surface area contributed by atoms with E-state index in [4.69, 9.17) is 16.6 Å². The second kappa shape index (κ2) is 8.73. The molecular formula is C23H22ClN5O2. The average Bonchev–Trinajstić information content (AvgIpc) is 2.89. The van der Waals surface area contributed by atoms with Crippen LogP contribution in [0.2, 0.25) is 5.02 Å². The summed E-state index contributed by atoms with van der Waals surface area (Å²) in [5.74, 6) is 0.820. The Morgan fingerprint density at radius 2 is 1.94 bits per heavy atom. The summed E-state index contributed by atoms with van der Waals surface area (Å²) in [6.45, 7) is 4.46. The van der Waals surface area contributed by atoms with E-state index in [9.17, 15) is 9.59 Å². The van der Waals surface area contributed by atoms with E-state index in [-0.39, 0.29) is 24.9 Å². The highest BCUT2D eigenvalue weighted by Gasteiger charge is 2.30. The molecule has 0 spiro atoms. The van der Waals surface area contributed by atoms with Gasteiger partial charge in [0.2, 0.25) is 5.91 Å². The van der Waals surface area contributed by atoms with Gasteiger partial charge < -0.3 is 4.90 Å². The van der Waals surface area contributed by atoms with Gasteiger partial charge >= 0.3 is 6.03 Å². The van der Waals surface area contributed by atoms with E-state index < -0.39 is 0 Å². The van der Waals surface area contributed by atoms with Crippen molar-refractivity contribution in [2.75, 3.05) is 28.2 Å². The number of carbonyl (C=O) groups is 2. The Kier molecular flexibility index (Phi) is 5.86. The summed E-state index contributed by atoms with van der Waals surface area (Å²) in [5.41, 5.74) is 2.89. The molecule has 0 aliphatic carbocycles. The van der Waals surface area contributed by atoms with E-state index in [1.807, 2.05) is 56.3 Å². The van der Waals surface area contributed by atoms with Gasteiger partial charge in [0.05, 0.1) is 11.4 Å². The summed E-state index contributed by atoms with van der Waals surface area (Å²) in [6, 6.07) is 16.0. The van der Waals surface area contributed by atoms with Crippen molar-refractivity contribution in [2.24, 2.45) is 0 Å². The third kappa shape index (κ3) is 4.36. The number of amides is 3. The second-order valence-electron chi connectivity index (χ2n) is 7.18. The van der Waals surface area contributed by atoms with E-state index in [2.05, 4.69) is 10.3 Å². The smallest absolute Gasteiger partial charge is 0.309 e. The molecule has 3 heterocycles. The molecule has 0 atom stereocenters. The largest absolute Gasteiger partial charge is 0.328 e. The number of nitrogens with one attached hydrogen (secondary N) is 1. The van der Waals surface area contributed by atoms with Crippen molar-refractivity contribution in [3.05, 3.63) is 65.3 Å². The zero-order valence-corrected chi connectivity index (χ0v) is 18.1. The molecule has 2 aromatic heterocycles. The topological polar surface area (TPSA) is 78.4 Å². The van der Waals surface area contributed by atoms with Crippen LogP contribution in [-0.4, -0.2) is 35.0 Å². The molecule has 158 valence electrons. The van der Waals surface area contributed by atoms with E-state index in [0.717, 1.165) is 11.3 Å². The van der Waals surface area contributed by atoms with Gasteiger partial charge in [-0.15, -0.1) is 0 Å². The van der Waals surface area contributed by atoms with Crippen LogP contribution < -0.4 is 15.1 Å². The fraction of sp³-hybridized carbons (Fsp3) is 0.217. The van der Waals surface area contributed by atoms with Gasteiger partial charge in [-0.1, -0.05) is 29.8 Å². The SMILES string of the molecule is CCN1C(=O)CCN(C(=O)Nc2cccc(C)n2)c2nc(-c3cccc(Cl)c3)ccc21. The number of hydrogen-bond donors (Lipinski definition) is 1. The molecule has 0 fully saturated rings. The molecule has 1 aliphatic heterocycles. The number of benzene rings is 1. The van der Waals surface area contributed by atoms with Crippen LogP contribution in [0, 0.1) is 6.92 Å². The Morgan fingerprint density at radius 1 is 1.13 bits per heavy atom. The lowest BCUT2D eigenvalue weighted by molar-refractivity contribution is -0.118. The molecule has 0 unspecified atom stereocenters. The number of halogens is 1. The van der Waals surface area contributed by atoms with Crippen LogP contribution in [0.3, 0.4) is 0 Å². The van der Waals surface area contributed by atoms with Crippen LogP contribution in [0.15, 0.2) is 54.6 Å². The van der Waals surface area contributed by atoms with E-state index >= 15 is 0 Å². The molecule has 1 aromatic carbocycles. The maximum atomic E-state index is 13.2. The summed E-state index contributed by atoms with van der Waals surface area (Å²) < 4.78 is 0. The fourth-order valence-electron chi connectivity index (χ4n) is 3.58. The monoisotopic (exact) mass is 435 g/mol. The first-order valence-corrected chi connectivity index (χ1v) is 10.4. The molecule has 1 aliphatic rings. The number of fused-ring (bicyclic) bond motifs is 1. The lowest BCUT2D eigenvalue weighted by Crippen LogP contribution is -2.36. The van der Waals surface area contributed by atoms with Crippen LogP contribution >= 0.6 is 11.6 Å². The molecule has 3 amide bonds. The molecule has 1 N–H and O–H groups in total. The Bertz CT molecular complexity index is 1150. The fourth-order valence-corrected chi connectivity index (χ4v) is 3.77. The Balaban J connectivity index is 1.77. The molecule has 0 saturated carbocycles. The summed E-state index contributed by atoms with van der Waals surface area (Å²) in [4.78, 5) is 38.1. The van der Waals surface area contributed by atoms with Gasteiger partial charge in [-0.2, -0.15) is 0 Å². The van der Waals surface area contributed by atoms with Crippen molar-refractivity contribution in [3.8, 4) is 11.3 Å². The van der Waals surface area contributed by atoms with Gasteiger partial charge in [0.1, 0.15) is 5.82 Å². The Labute approximate surface area is 185 Å². The van der Waals surface area contributed by atoms with Crippen molar-refractivity contribution in [1.82, 2.24) is 9.97 Å². The van der Waals surface area contributed by atoms with Crippen LogP contribution in [0.1, 0.15) is 19.0 Å². The third-order valence-electron chi connectivity index (χ3n) is 5.06. The maximum Gasteiger partial charge on any atom is 0.328 e. The van der Waals surface area contributed by atoms with E-state index in [1.54, 1.807) is 17.0 Å². The normalized spacial score (nSPS) is 13.6. The maximum absolute atomic E-state index is 13.2. The van der Waals surface area contributed by atoms with Crippen LogP contribution in [0.4, 0.5) is 22.1 Å². The predicted molar refractivity (Wildman–Crippen MR) is 123 cm³/mol. The number of anilines is 3. The number of hydrogen-bond acceptors (Lipinski definition) is 4. The minimum Gasteiger partial charge on any atom is -0.309 e. The number of aryl methyl sites for hydroxylation is 1. The molecule has 7 nitrogen and oxygen atoms in total. The predicted octanol–water partition coefficient (Wildman–Crippen LogP) is 4.90. The van der Waals surface area contributed by atoms with Gasteiger partial charge in [0.15, 0.2) is 5.82 Å². The molecule has 0 saturated heterocycles. The van der Waals surface area contributed by atoms with Crippen LogP contribution in [0.25, 0.3) is 11.3 Å². The van der Waals surface area contributed by atoms with Crippen molar-refractivity contribution < 1.29 is 9.59 Å². The standard InChI is InChI=1S/C23H22ClN5O2/c1-3-28-19-11-10-18(16-7-5-8-17(24)14-16)26-22(19)29(13-12-21(28)30)23(31)27-20-9-4-6-15(2)25-20/h4-11,14H,3,12-13H2,1-2H3,(H,25,27,31). The minimum absolute atomic E-state index is 0.0509. The quantitative estimate of drug-likeness (QED) is 0.634. The first kappa shape index (κ1) is 20.8. The second-order valence-corrected chi connectivity index (χ2v) is 7.62. The zero-order chi connectivity index (χ0) is 22.0. The molecule has 0 radical (unpaired) electrons. The van der Waals surface area contributed by atoms with Gasteiger partial charge in [-0.25, -0.2) is 14.8 Å². The van der Waals surface area contributed by atoms with Gasteiger partial charge in [0, 0.05) is 35.8 Å². The minimum atomic E-state index is -0.388. The van der Waals surface area contributed by atoms with Crippen LogP contribution in [0.5, 0.6) is 0 Å². The Morgan fingerprint density at radius 3 is 2.68 bits per heavy atom. The van der Waals surface area contributed by atoms with E-state index in [1.165, 1.54) is 4.90 Å². The summed E-state index contributed by atoms with van der Waals surface area (Å²) >= 11 is 6.15. The number of pyridine rings is 2. The van der Waals surface area contributed by atoms with E-state index in [0.29, 0.717) is 34.6 Å². The average molecular weight is 436 g/mol. The molecule has 31 heavy (non-hydrogen) atoms. The number of carbonyl (C=O) groups excluding carboxylic acids is 2. The number of rotatable bonds is 3. The lowest BCUT2D eigenvalue weighted by atomic mass is 10.1. The van der Waals surface area contributed by atoms with Crippen molar-refractivity contribution in [2.45, 2.75) is 20.3 Å². The summed E-state index contributed by atoms with van der Waals surface area (Å²) in [6.07, 6.45) is 0.200. The highest BCUT2D eigenvalue weighted by Crippen LogP contribution is 2.34. The highest BCUT2D eigenvalue weighted by molar-refractivity contribution is 6.30. The number of nitrogens with zero attached hydrogens (tertiary/aromatic N) is 4. The third-order valence-corrected chi connectivity index (χ3v) is 5.29. The van der Waals surface area contributed by atoms with Gasteiger partial charge in [0.25, 0.3) is 0 Å². The van der Waals surface area contributed by atoms with Crippen molar-refractivity contribution >= 4 is 40.9 Å². The number of urea groups is 1. The van der Waals surface area contributed by atoms with Crippen LogP contribution in [-0.2, 0) is 4.79 Å². The zero-order valence-electron chi connectivity index (χ0n) is 17.3. The summed E-state index contributed by atoms with van der Waals surface area (Å²) in [5, 5.41) is 3.42. The number of aromatic nitrogens is 2. The molecule has 0 bridgehead atoms. The molecule has 4 rings (SSSR count). The van der Waals surface area contributed by atoms with Crippen molar-refractivity contribution in [1.29, 1.82) is 0 Å². The first-order valence-electron chi connectivity index (χ1n) is 10.1. The first-order chi connectivity index (χ1) is 15.0. The highest BCUT2D eigenvalue weighted by atomic mass is 35.5. The van der Waals surface area contributed by atoms with Gasteiger partial charge in [-0.05, 0) is 50.2 Å². The molecule has 3 aromatic rings. The molecule has 8 heteroatoms. The van der Waals surface area contributed by atoms with Crippen molar-refractivity contribution in [3.63, 3.8) is 0 Å². The van der Waals surface area contributed by atoms with Gasteiger partial charge in [-0.3, -0.25) is 15.0 Å². The lowest BCUT2D eigenvalue weighted by Gasteiger charge is -2.24. The summed E-state index contributed by atoms with van der Waals surface area (Å²) in [7, 11) is 0. The molecular weight excluding hydrogens is 414 g/mol.